The second-order valence-corrected chi connectivity index (χ2v) is 3.49. The predicted molar refractivity (Wildman–Crippen MR) is 52.5 cm³/mol. The molecule has 0 saturated heterocycles. The number of nitro benzene ring substituents is 1. The fraction of sp³-hybridized carbons (Fsp3) is 0.125. The SMILES string of the molecule is CC(=O)c1cc(O)c(Br)cc1[N+](=O)[O-]. The second kappa shape index (κ2) is 3.75. The number of benzene rings is 1. The molecule has 0 fully saturated rings. The summed E-state index contributed by atoms with van der Waals surface area (Å²) in [5.41, 5.74) is -0.419. The molecule has 0 spiro atoms. The highest BCUT2D eigenvalue weighted by molar-refractivity contribution is 9.10. The topological polar surface area (TPSA) is 80.4 Å². The largest absolute Gasteiger partial charge is 0.507 e. The van der Waals surface area contributed by atoms with Crippen molar-refractivity contribution >= 4 is 27.4 Å². The third-order valence-corrected chi connectivity index (χ3v) is 2.28. The number of carbonyl (C=O) groups is 1. The summed E-state index contributed by atoms with van der Waals surface area (Å²) in [5, 5.41) is 19.8. The van der Waals surface area contributed by atoms with Crippen LogP contribution in [0.4, 0.5) is 5.69 Å². The summed E-state index contributed by atoms with van der Waals surface area (Å²) in [6.45, 7) is 1.20. The molecule has 0 atom stereocenters. The van der Waals surface area contributed by atoms with Gasteiger partial charge in [0.2, 0.25) is 0 Å². The summed E-state index contributed by atoms with van der Waals surface area (Å²) >= 11 is 2.93. The van der Waals surface area contributed by atoms with E-state index in [1.54, 1.807) is 0 Å². The molecule has 0 heterocycles. The summed E-state index contributed by atoms with van der Waals surface area (Å²) in [6.07, 6.45) is 0. The lowest BCUT2D eigenvalue weighted by atomic mass is 10.1. The fourth-order valence-corrected chi connectivity index (χ4v) is 1.32. The molecule has 0 aliphatic carbocycles. The van der Waals surface area contributed by atoms with E-state index in [0.29, 0.717) is 0 Å². The van der Waals surface area contributed by atoms with Gasteiger partial charge in [-0.05, 0) is 28.9 Å². The Morgan fingerprint density at radius 2 is 2.14 bits per heavy atom. The van der Waals surface area contributed by atoms with Crippen molar-refractivity contribution < 1.29 is 14.8 Å². The zero-order valence-corrected chi connectivity index (χ0v) is 8.74. The van der Waals surface area contributed by atoms with Gasteiger partial charge < -0.3 is 5.11 Å². The van der Waals surface area contributed by atoms with E-state index in [-0.39, 0.29) is 21.5 Å². The molecule has 74 valence electrons. The van der Waals surface area contributed by atoms with Crippen molar-refractivity contribution in [2.24, 2.45) is 0 Å². The molecule has 1 aromatic carbocycles. The molecule has 0 aromatic heterocycles. The molecule has 6 heteroatoms. The molecule has 0 unspecified atom stereocenters. The molecule has 0 bridgehead atoms. The second-order valence-electron chi connectivity index (χ2n) is 2.63. The number of phenols is 1. The van der Waals surface area contributed by atoms with Gasteiger partial charge in [0.25, 0.3) is 5.69 Å². The first-order chi connectivity index (χ1) is 6.43. The number of hydrogen-bond acceptors (Lipinski definition) is 4. The maximum absolute atomic E-state index is 11.0. The number of Topliss-reactive ketones (excluding diaryl/α,β-unsaturated/α-hetero) is 1. The zero-order valence-electron chi connectivity index (χ0n) is 7.15. The number of nitrogens with zero attached hydrogens (tertiary/aromatic N) is 1. The highest BCUT2D eigenvalue weighted by atomic mass is 79.9. The van der Waals surface area contributed by atoms with Crippen LogP contribution in [0.5, 0.6) is 5.75 Å². The van der Waals surface area contributed by atoms with E-state index in [1.165, 1.54) is 6.92 Å². The first-order valence-corrected chi connectivity index (χ1v) is 4.40. The van der Waals surface area contributed by atoms with Crippen LogP contribution in [-0.4, -0.2) is 15.8 Å². The van der Waals surface area contributed by atoms with Gasteiger partial charge in [0.05, 0.1) is 15.0 Å². The van der Waals surface area contributed by atoms with E-state index in [1.807, 2.05) is 0 Å². The summed E-state index contributed by atoms with van der Waals surface area (Å²) in [6, 6.07) is 2.18. The van der Waals surface area contributed by atoms with Gasteiger partial charge in [-0.15, -0.1) is 0 Å². The van der Waals surface area contributed by atoms with Crippen LogP contribution in [0.2, 0.25) is 0 Å². The maximum Gasteiger partial charge on any atom is 0.281 e. The third kappa shape index (κ3) is 1.90. The van der Waals surface area contributed by atoms with Crippen molar-refractivity contribution in [2.75, 3.05) is 0 Å². The van der Waals surface area contributed by atoms with Gasteiger partial charge in [-0.2, -0.15) is 0 Å². The molecule has 0 saturated carbocycles. The van der Waals surface area contributed by atoms with E-state index in [2.05, 4.69) is 15.9 Å². The molecular weight excluding hydrogens is 254 g/mol. The van der Waals surface area contributed by atoms with E-state index < -0.39 is 10.7 Å². The number of rotatable bonds is 2. The standard InChI is InChI=1S/C8H6BrNO4/c1-4(11)5-2-8(12)6(9)3-7(5)10(13)14/h2-3,12H,1H3. The van der Waals surface area contributed by atoms with Gasteiger partial charge in [0.1, 0.15) is 5.75 Å². The van der Waals surface area contributed by atoms with Gasteiger partial charge in [0, 0.05) is 6.07 Å². The number of ketones is 1. The average molecular weight is 260 g/mol. The van der Waals surface area contributed by atoms with Crippen LogP contribution in [0.1, 0.15) is 17.3 Å². The van der Waals surface area contributed by atoms with Crippen molar-refractivity contribution in [1.29, 1.82) is 0 Å². The molecule has 1 N–H and O–H groups in total. The first kappa shape index (κ1) is 10.6. The Hall–Kier alpha value is -1.43. The van der Waals surface area contributed by atoms with E-state index >= 15 is 0 Å². The molecular formula is C8H6BrNO4. The lowest BCUT2D eigenvalue weighted by Gasteiger charge is -2.01. The van der Waals surface area contributed by atoms with E-state index in [9.17, 15) is 20.0 Å². The molecule has 0 amide bonds. The number of aromatic hydroxyl groups is 1. The summed E-state index contributed by atoms with van der Waals surface area (Å²) < 4.78 is 0.189. The smallest absolute Gasteiger partial charge is 0.281 e. The van der Waals surface area contributed by atoms with Crippen LogP contribution in [0, 0.1) is 10.1 Å². The molecule has 5 nitrogen and oxygen atoms in total. The molecule has 0 aliphatic heterocycles. The van der Waals surface area contributed by atoms with Gasteiger partial charge >= 0.3 is 0 Å². The van der Waals surface area contributed by atoms with E-state index in [4.69, 9.17) is 0 Å². The average Bonchev–Trinajstić information content (AvgIpc) is 2.08. The Morgan fingerprint density at radius 1 is 1.57 bits per heavy atom. The third-order valence-electron chi connectivity index (χ3n) is 1.64. The monoisotopic (exact) mass is 259 g/mol. The number of nitro groups is 1. The van der Waals surface area contributed by atoms with Crippen molar-refractivity contribution in [3.63, 3.8) is 0 Å². The Balaban J connectivity index is 3.46. The van der Waals surface area contributed by atoms with Crippen LogP contribution < -0.4 is 0 Å². The minimum Gasteiger partial charge on any atom is -0.507 e. The molecule has 14 heavy (non-hydrogen) atoms. The summed E-state index contributed by atoms with van der Waals surface area (Å²) in [7, 11) is 0. The number of halogens is 1. The zero-order chi connectivity index (χ0) is 10.9. The van der Waals surface area contributed by atoms with Crippen LogP contribution in [0.15, 0.2) is 16.6 Å². The van der Waals surface area contributed by atoms with Gasteiger partial charge in [-0.25, -0.2) is 0 Å². The fourth-order valence-electron chi connectivity index (χ4n) is 0.984. The lowest BCUT2D eigenvalue weighted by Crippen LogP contribution is -1.99. The predicted octanol–water partition coefficient (Wildman–Crippen LogP) is 2.27. The minimum absolute atomic E-state index is 0.101. The van der Waals surface area contributed by atoms with Gasteiger partial charge in [0.15, 0.2) is 5.78 Å². The van der Waals surface area contributed by atoms with Crippen molar-refractivity contribution in [3.8, 4) is 5.75 Å². The Bertz CT molecular complexity index is 377. The Kier molecular flexibility index (Phi) is 2.85. The summed E-state index contributed by atoms with van der Waals surface area (Å²) in [4.78, 5) is 20.9. The first-order valence-electron chi connectivity index (χ1n) is 3.61. The van der Waals surface area contributed by atoms with Gasteiger partial charge in [-0.3, -0.25) is 14.9 Å². The van der Waals surface area contributed by atoms with Crippen LogP contribution in [0.25, 0.3) is 0 Å². The molecule has 1 aromatic rings. The molecule has 0 radical (unpaired) electrons. The Labute approximate surface area is 87.6 Å². The van der Waals surface area contributed by atoms with Crippen molar-refractivity contribution in [1.82, 2.24) is 0 Å². The normalized spacial score (nSPS) is 9.86. The molecule has 0 aliphatic rings. The van der Waals surface area contributed by atoms with Gasteiger partial charge in [-0.1, -0.05) is 0 Å². The molecule has 1 rings (SSSR count). The quantitative estimate of drug-likeness (QED) is 0.502. The van der Waals surface area contributed by atoms with Crippen LogP contribution >= 0.6 is 15.9 Å². The van der Waals surface area contributed by atoms with Crippen molar-refractivity contribution in [3.05, 3.63) is 32.3 Å². The lowest BCUT2D eigenvalue weighted by molar-refractivity contribution is -0.385. The number of hydrogen-bond donors (Lipinski definition) is 1. The van der Waals surface area contributed by atoms with E-state index in [0.717, 1.165) is 12.1 Å². The highest BCUT2D eigenvalue weighted by Gasteiger charge is 2.19. The highest BCUT2D eigenvalue weighted by Crippen LogP contribution is 2.31. The van der Waals surface area contributed by atoms with Crippen LogP contribution in [-0.2, 0) is 0 Å². The van der Waals surface area contributed by atoms with Crippen molar-refractivity contribution in [2.45, 2.75) is 6.92 Å². The minimum atomic E-state index is -0.666. The van der Waals surface area contributed by atoms with Crippen LogP contribution in [0.3, 0.4) is 0 Å². The number of phenolic OH excluding ortho intramolecular Hbond substituents is 1. The number of carbonyl (C=O) groups excluding carboxylic acids is 1. The Morgan fingerprint density at radius 3 is 2.57 bits per heavy atom. The maximum atomic E-state index is 11.0. The summed E-state index contributed by atoms with van der Waals surface area (Å²) in [5.74, 6) is -0.652.